The Balaban J connectivity index is 1.26. The van der Waals surface area contributed by atoms with E-state index in [1.807, 2.05) is 4.90 Å². The average molecular weight is 372 g/mol. The molecule has 4 nitrogen and oxygen atoms in total. The van der Waals surface area contributed by atoms with Gasteiger partial charge in [-0.3, -0.25) is 9.69 Å². The highest BCUT2D eigenvalue weighted by Crippen LogP contribution is 2.53. The van der Waals surface area contributed by atoms with Gasteiger partial charge in [-0.15, -0.1) is 0 Å². The second kappa shape index (κ2) is 6.85. The van der Waals surface area contributed by atoms with E-state index in [2.05, 4.69) is 5.32 Å². The average Bonchev–Trinajstić information content (AvgIpc) is 3.00. The standard InChI is InChI=1S/C22H29FN2O2/c23-18-3-1-13(2-4-18)11-25-12-19(26)10-20(25)22(27)24-21-16-6-14-5-15(8-16)9-17(21)7-14/h1-4,14-17,19-21,26H,5-12H2,(H,24,27)/t14?,15?,16?,17?,19-,20-,21?/m1/s1. The number of hydrogen-bond acceptors (Lipinski definition) is 3. The third kappa shape index (κ3) is 3.40. The van der Waals surface area contributed by atoms with Crippen molar-refractivity contribution in [1.82, 2.24) is 10.2 Å². The van der Waals surface area contributed by atoms with Crippen LogP contribution in [-0.4, -0.2) is 40.6 Å². The lowest BCUT2D eigenvalue weighted by Gasteiger charge is -2.54. The van der Waals surface area contributed by atoms with Gasteiger partial charge in [-0.05, 0) is 79.9 Å². The second-order valence-corrected chi connectivity index (χ2v) is 9.43. The van der Waals surface area contributed by atoms with Crippen LogP contribution in [0, 0.1) is 29.5 Å². The van der Waals surface area contributed by atoms with E-state index in [-0.39, 0.29) is 17.8 Å². The van der Waals surface area contributed by atoms with E-state index in [1.54, 1.807) is 12.1 Å². The lowest BCUT2D eigenvalue weighted by Crippen LogP contribution is -2.58. The van der Waals surface area contributed by atoms with Gasteiger partial charge in [0.15, 0.2) is 0 Å². The van der Waals surface area contributed by atoms with E-state index in [0.717, 1.165) is 17.4 Å². The van der Waals surface area contributed by atoms with Crippen LogP contribution in [0.5, 0.6) is 0 Å². The Morgan fingerprint density at radius 1 is 1.04 bits per heavy atom. The molecule has 0 radical (unpaired) electrons. The summed E-state index contributed by atoms with van der Waals surface area (Å²) in [4.78, 5) is 15.2. The number of amides is 1. The molecule has 2 atom stereocenters. The first-order chi connectivity index (χ1) is 13.0. The van der Waals surface area contributed by atoms with Crippen molar-refractivity contribution < 1.29 is 14.3 Å². The first-order valence-electron chi connectivity index (χ1n) is 10.5. The van der Waals surface area contributed by atoms with Crippen molar-refractivity contribution in [2.45, 2.75) is 63.3 Å². The van der Waals surface area contributed by atoms with Gasteiger partial charge in [-0.1, -0.05) is 12.1 Å². The molecule has 4 aliphatic carbocycles. The van der Waals surface area contributed by atoms with Gasteiger partial charge in [0.1, 0.15) is 5.82 Å². The van der Waals surface area contributed by atoms with E-state index in [4.69, 9.17) is 0 Å². The zero-order chi connectivity index (χ0) is 18.5. The van der Waals surface area contributed by atoms with E-state index >= 15 is 0 Å². The zero-order valence-corrected chi connectivity index (χ0v) is 15.7. The van der Waals surface area contributed by atoms with Crippen LogP contribution in [0.4, 0.5) is 4.39 Å². The van der Waals surface area contributed by atoms with Crippen LogP contribution in [-0.2, 0) is 11.3 Å². The highest BCUT2D eigenvalue weighted by Gasteiger charge is 2.49. The smallest absolute Gasteiger partial charge is 0.237 e. The van der Waals surface area contributed by atoms with Crippen molar-refractivity contribution in [2.75, 3.05) is 6.54 Å². The number of likely N-dealkylation sites (tertiary alicyclic amines) is 1. The Hall–Kier alpha value is -1.46. The van der Waals surface area contributed by atoms with E-state index < -0.39 is 6.10 Å². The van der Waals surface area contributed by atoms with Gasteiger partial charge in [0.2, 0.25) is 5.91 Å². The largest absolute Gasteiger partial charge is 0.392 e. The van der Waals surface area contributed by atoms with Crippen LogP contribution >= 0.6 is 0 Å². The first kappa shape index (κ1) is 17.6. The molecule has 0 unspecified atom stereocenters. The summed E-state index contributed by atoms with van der Waals surface area (Å²) in [5, 5.41) is 13.6. The van der Waals surface area contributed by atoms with Crippen LogP contribution < -0.4 is 5.32 Å². The summed E-state index contributed by atoms with van der Waals surface area (Å²) in [5.41, 5.74) is 0.970. The van der Waals surface area contributed by atoms with Gasteiger partial charge in [-0.2, -0.15) is 0 Å². The van der Waals surface area contributed by atoms with Crippen molar-refractivity contribution in [3.8, 4) is 0 Å². The fourth-order valence-corrected chi connectivity index (χ4v) is 6.57. The Morgan fingerprint density at radius 3 is 2.30 bits per heavy atom. The molecule has 1 saturated heterocycles. The van der Waals surface area contributed by atoms with Crippen LogP contribution in [0.2, 0.25) is 0 Å². The summed E-state index contributed by atoms with van der Waals surface area (Å²) in [5.74, 6) is 2.92. The lowest BCUT2D eigenvalue weighted by molar-refractivity contribution is -0.129. The van der Waals surface area contributed by atoms with Crippen molar-refractivity contribution in [3.63, 3.8) is 0 Å². The monoisotopic (exact) mass is 372 g/mol. The minimum Gasteiger partial charge on any atom is -0.392 e. The van der Waals surface area contributed by atoms with E-state index in [1.165, 1.54) is 44.2 Å². The summed E-state index contributed by atoms with van der Waals surface area (Å²) in [6, 6.07) is 6.45. The van der Waals surface area contributed by atoms with Crippen LogP contribution in [0.3, 0.4) is 0 Å². The molecule has 1 aromatic rings. The molecule has 2 N–H and O–H groups in total. The fourth-order valence-electron chi connectivity index (χ4n) is 6.57. The van der Waals surface area contributed by atoms with Crippen molar-refractivity contribution in [1.29, 1.82) is 0 Å². The number of carbonyl (C=O) groups is 1. The molecule has 4 bridgehead atoms. The van der Waals surface area contributed by atoms with Crippen molar-refractivity contribution in [2.24, 2.45) is 23.7 Å². The number of nitrogens with zero attached hydrogens (tertiary/aromatic N) is 1. The van der Waals surface area contributed by atoms with Gasteiger partial charge in [-0.25, -0.2) is 4.39 Å². The molecule has 0 aromatic heterocycles. The van der Waals surface area contributed by atoms with Gasteiger partial charge in [0.25, 0.3) is 0 Å². The highest BCUT2D eigenvalue weighted by molar-refractivity contribution is 5.82. The molecule has 5 aliphatic rings. The molecule has 0 spiro atoms. The second-order valence-electron chi connectivity index (χ2n) is 9.43. The summed E-state index contributed by atoms with van der Waals surface area (Å²) in [7, 11) is 0. The lowest BCUT2D eigenvalue weighted by atomic mass is 9.54. The quantitative estimate of drug-likeness (QED) is 0.854. The first-order valence-corrected chi connectivity index (χ1v) is 10.5. The number of benzene rings is 1. The number of halogens is 1. The molecule has 1 aromatic carbocycles. The maximum absolute atomic E-state index is 13.2. The number of β-amino-alcohol motifs (C(OH)–C–C–N with tert-alkyl or cyclic N) is 1. The zero-order valence-electron chi connectivity index (χ0n) is 15.7. The summed E-state index contributed by atoms with van der Waals surface area (Å²) in [6.45, 7) is 1.06. The SMILES string of the molecule is O=C(NC1C2CC3CC(C2)CC1C3)[C@H]1C[C@@H](O)CN1Cc1ccc(F)cc1. The molecule has 4 saturated carbocycles. The fraction of sp³-hybridized carbons (Fsp3) is 0.682. The summed E-state index contributed by atoms with van der Waals surface area (Å²) >= 11 is 0. The highest BCUT2D eigenvalue weighted by atomic mass is 19.1. The maximum Gasteiger partial charge on any atom is 0.237 e. The van der Waals surface area contributed by atoms with Crippen LogP contribution in [0.25, 0.3) is 0 Å². The number of carbonyl (C=O) groups excluding carboxylic acids is 1. The third-order valence-electron chi connectivity index (χ3n) is 7.52. The van der Waals surface area contributed by atoms with Crippen molar-refractivity contribution >= 4 is 5.91 Å². The Labute approximate surface area is 160 Å². The van der Waals surface area contributed by atoms with Gasteiger partial charge < -0.3 is 10.4 Å². The normalized spacial score (nSPS) is 40.4. The molecule has 5 heteroatoms. The van der Waals surface area contributed by atoms with Gasteiger partial charge in [0, 0.05) is 19.1 Å². The predicted octanol–water partition coefficient (Wildman–Crippen LogP) is 2.70. The number of nitrogens with one attached hydrogen (secondary N) is 1. The Morgan fingerprint density at radius 2 is 1.67 bits per heavy atom. The molecule has 1 aliphatic heterocycles. The molecular formula is C22H29FN2O2. The number of aliphatic hydroxyl groups excluding tert-OH is 1. The summed E-state index contributed by atoms with van der Waals surface area (Å²) < 4.78 is 13.2. The molecule has 5 fully saturated rings. The summed E-state index contributed by atoms with van der Waals surface area (Å²) in [6.07, 6.45) is 6.55. The molecule has 1 amide bonds. The Bertz CT molecular complexity index is 679. The van der Waals surface area contributed by atoms with Crippen LogP contribution in [0.1, 0.15) is 44.1 Å². The van der Waals surface area contributed by atoms with Crippen LogP contribution in [0.15, 0.2) is 24.3 Å². The minimum absolute atomic E-state index is 0.0751. The van der Waals surface area contributed by atoms with Gasteiger partial charge in [0.05, 0.1) is 12.1 Å². The maximum atomic E-state index is 13.2. The van der Waals surface area contributed by atoms with E-state index in [0.29, 0.717) is 37.4 Å². The molecular weight excluding hydrogens is 343 g/mol. The molecule has 6 rings (SSSR count). The molecule has 1 heterocycles. The third-order valence-corrected chi connectivity index (χ3v) is 7.52. The van der Waals surface area contributed by atoms with Crippen molar-refractivity contribution in [3.05, 3.63) is 35.6 Å². The number of hydrogen-bond donors (Lipinski definition) is 2. The van der Waals surface area contributed by atoms with Gasteiger partial charge >= 0.3 is 0 Å². The minimum atomic E-state index is -0.473. The predicted molar refractivity (Wildman–Crippen MR) is 100 cm³/mol. The molecule has 27 heavy (non-hydrogen) atoms. The topological polar surface area (TPSA) is 52.6 Å². The molecule has 146 valence electrons. The Kier molecular flexibility index (Phi) is 4.47. The number of aliphatic hydroxyl groups is 1. The van der Waals surface area contributed by atoms with E-state index in [9.17, 15) is 14.3 Å². The number of rotatable bonds is 4.